The summed E-state index contributed by atoms with van der Waals surface area (Å²) in [5, 5.41) is 3.47. The Morgan fingerprint density at radius 2 is 1.90 bits per heavy atom. The Bertz CT molecular complexity index is 416. The van der Waals surface area contributed by atoms with Gasteiger partial charge in [-0.25, -0.2) is 0 Å². The van der Waals surface area contributed by atoms with Gasteiger partial charge in [-0.15, -0.1) is 0 Å². The second-order valence-corrected chi connectivity index (χ2v) is 6.44. The summed E-state index contributed by atoms with van der Waals surface area (Å²) >= 11 is 0. The van der Waals surface area contributed by atoms with Crippen LogP contribution in [0.2, 0.25) is 0 Å². The van der Waals surface area contributed by atoms with Gasteiger partial charge in [0.05, 0.1) is 6.61 Å². The minimum absolute atomic E-state index is 0.507. The molecule has 0 spiro atoms. The highest BCUT2D eigenvalue weighted by Gasteiger charge is 2.15. The highest BCUT2D eigenvalue weighted by molar-refractivity contribution is 5.55. The van der Waals surface area contributed by atoms with E-state index >= 15 is 0 Å². The van der Waals surface area contributed by atoms with Crippen molar-refractivity contribution in [2.24, 2.45) is 5.92 Å². The molecule has 1 aromatic rings. The van der Waals surface area contributed by atoms with Crippen LogP contribution in [0.4, 0.5) is 5.69 Å². The van der Waals surface area contributed by atoms with E-state index in [-0.39, 0.29) is 0 Å². The molecule has 0 aliphatic rings. The maximum absolute atomic E-state index is 5.10. The number of nitrogens with zero attached hydrogens (tertiary/aromatic N) is 1. The van der Waals surface area contributed by atoms with E-state index in [1.807, 2.05) is 0 Å². The number of hydrogen-bond donors (Lipinski definition) is 1. The predicted octanol–water partition coefficient (Wildman–Crippen LogP) is 3.60. The van der Waals surface area contributed by atoms with E-state index in [0.717, 1.165) is 26.2 Å². The normalized spacial score (nSPS) is 11.4. The SMILES string of the molecule is COCCNCc1cc(C)ccc1N(CC(C)C)C(C)C. The van der Waals surface area contributed by atoms with Crippen LogP contribution in [0, 0.1) is 12.8 Å². The van der Waals surface area contributed by atoms with E-state index in [1.165, 1.54) is 16.8 Å². The Balaban J connectivity index is 2.92. The van der Waals surface area contributed by atoms with Crippen LogP contribution in [-0.4, -0.2) is 32.8 Å². The summed E-state index contributed by atoms with van der Waals surface area (Å²) < 4.78 is 5.10. The number of rotatable bonds is 9. The van der Waals surface area contributed by atoms with E-state index in [9.17, 15) is 0 Å². The molecule has 1 rings (SSSR count). The Kier molecular flexibility index (Phi) is 7.76. The van der Waals surface area contributed by atoms with Crippen molar-refractivity contribution in [2.75, 3.05) is 31.7 Å². The van der Waals surface area contributed by atoms with Crippen LogP contribution >= 0.6 is 0 Å². The zero-order valence-electron chi connectivity index (χ0n) is 14.6. The smallest absolute Gasteiger partial charge is 0.0587 e. The average Bonchev–Trinajstić information content (AvgIpc) is 2.41. The maximum atomic E-state index is 5.10. The van der Waals surface area contributed by atoms with Gasteiger partial charge in [-0.1, -0.05) is 31.5 Å². The van der Waals surface area contributed by atoms with Crippen molar-refractivity contribution in [3.63, 3.8) is 0 Å². The summed E-state index contributed by atoms with van der Waals surface area (Å²) in [5.41, 5.74) is 4.05. The molecule has 1 N–H and O–H groups in total. The molecule has 0 atom stereocenters. The molecular formula is C18H32N2O. The number of nitrogens with one attached hydrogen (secondary N) is 1. The van der Waals surface area contributed by atoms with Crippen LogP contribution in [0.15, 0.2) is 18.2 Å². The van der Waals surface area contributed by atoms with Gasteiger partial charge in [0.15, 0.2) is 0 Å². The minimum atomic E-state index is 0.507. The number of benzene rings is 1. The molecule has 0 aliphatic carbocycles. The number of ether oxygens (including phenoxy) is 1. The van der Waals surface area contributed by atoms with E-state index in [0.29, 0.717) is 12.0 Å². The van der Waals surface area contributed by atoms with Gasteiger partial charge in [-0.05, 0) is 38.3 Å². The summed E-state index contributed by atoms with van der Waals surface area (Å²) in [6.45, 7) is 14.9. The van der Waals surface area contributed by atoms with Crippen LogP contribution < -0.4 is 10.2 Å². The molecule has 21 heavy (non-hydrogen) atoms. The fourth-order valence-corrected chi connectivity index (χ4v) is 2.51. The highest BCUT2D eigenvalue weighted by atomic mass is 16.5. The van der Waals surface area contributed by atoms with E-state index in [2.05, 4.69) is 63.0 Å². The van der Waals surface area contributed by atoms with Gasteiger partial charge in [-0.3, -0.25) is 0 Å². The van der Waals surface area contributed by atoms with Crippen LogP contribution in [0.5, 0.6) is 0 Å². The first-order valence-electron chi connectivity index (χ1n) is 8.01. The zero-order valence-corrected chi connectivity index (χ0v) is 14.6. The molecule has 0 bridgehead atoms. The minimum Gasteiger partial charge on any atom is -0.383 e. The Morgan fingerprint density at radius 1 is 1.19 bits per heavy atom. The number of anilines is 1. The lowest BCUT2D eigenvalue weighted by Crippen LogP contribution is -2.35. The monoisotopic (exact) mass is 292 g/mol. The summed E-state index contributed by atoms with van der Waals surface area (Å²) in [6, 6.07) is 7.28. The molecule has 0 fully saturated rings. The first-order chi connectivity index (χ1) is 9.95. The van der Waals surface area contributed by atoms with Gasteiger partial charge in [-0.2, -0.15) is 0 Å². The lowest BCUT2D eigenvalue weighted by atomic mass is 10.1. The van der Waals surface area contributed by atoms with E-state index < -0.39 is 0 Å². The molecule has 0 aliphatic heterocycles. The van der Waals surface area contributed by atoms with Crippen molar-refractivity contribution in [1.29, 1.82) is 0 Å². The maximum Gasteiger partial charge on any atom is 0.0587 e. The summed E-state index contributed by atoms with van der Waals surface area (Å²) in [5.74, 6) is 0.656. The Hall–Kier alpha value is -1.06. The van der Waals surface area contributed by atoms with Crippen molar-refractivity contribution >= 4 is 5.69 Å². The molecule has 0 amide bonds. The van der Waals surface area contributed by atoms with Crippen LogP contribution in [0.3, 0.4) is 0 Å². The molecule has 1 aromatic carbocycles. The van der Waals surface area contributed by atoms with Crippen molar-refractivity contribution in [1.82, 2.24) is 5.32 Å². The van der Waals surface area contributed by atoms with Gasteiger partial charge in [0.2, 0.25) is 0 Å². The molecule has 0 unspecified atom stereocenters. The van der Waals surface area contributed by atoms with Gasteiger partial charge in [0.1, 0.15) is 0 Å². The van der Waals surface area contributed by atoms with Crippen molar-refractivity contribution < 1.29 is 4.74 Å². The first kappa shape index (κ1) is 18.0. The lowest BCUT2D eigenvalue weighted by molar-refractivity contribution is 0.199. The van der Waals surface area contributed by atoms with Crippen LogP contribution in [0.1, 0.15) is 38.8 Å². The molecule has 0 heterocycles. The molecule has 0 radical (unpaired) electrons. The topological polar surface area (TPSA) is 24.5 Å². The molecule has 3 heteroatoms. The third-order valence-electron chi connectivity index (χ3n) is 3.53. The summed E-state index contributed by atoms with van der Waals surface area (Å²) in [7, 11) is 1.74. The second kappa shape index (κ2) is 9.06. The number of methoxy groups -OCH3 is 1. The number of hydrogen-bond acceptors (Lipinski definition) is 3. The average molecular weight is 292 g/mol. The third kappa shape index (κ3) is 6.06. The fourth-order valence-electron chi connectivity index (χ4n) is 2.51. The van der Waals surface area contributed by atoms with E-state index in [4.69, 9.17) is 4.74 Å². The molecule has 120 valence electrons. The Labute approximate surface area is 130 Å². The van der Waals surface area contributed by atoms with Gasteiger partial charge in [0, 0.05) is 38.5 Å². The van der Waals surface area contributed by atoms with Gasteiger partial charge in [0.25, 0.3) is 0 Å². The van der Waals surface area contributed by atoms with Crippen molar-refractivity contribution in [3.8, 4) is 0 Å². The highest BCUT2D eigenvalue weighted by Crippen LogP contribution is 2.25. The van der Waals surface area contributed by atoms with Gasteiger partial charge < -0.3 is 15.0 Å². The summed E-state index contributed by atoms with van der Waals surface area (Å²) in [4.78, 5) is 2.51. The molecule has 0 saturated heterocycles. The zero-order chi connectivity index (χ0) is 15.8. The van der Waals surface area contributed by atoms with Crippen molar-refractivity contribution in [2.45, 2.75) is 47.2 Å². The second-order valence-electron chi connectivity index (χ2n) is 6.44. The predicted molar refractivity (Wildman–Crippen MR) is 92.1 cm³/mol. The van der Waals surface area contributed by atoms with Crippen molar-refractivity contribution in [3.05, 3.63) is 29.3 Å². The largest absolute Gasteiger partial charge is 0.383 e. The lowest BCUT2D eigenvalue weighted by Gasteiger charge is -2.33. The number of aryl methyl sites for hydroxylation is 1. The first-order valence-corrected chi connectivity index (χ1v) is 8.01. The molecular weight excluding hydrogens is 260 g/mol. The standard InChI is InChI=1S/C18H32N2O/c1-14(2)13-20(15(3)4)18-8-7-16(5)11-17(18)12-19-9-10-21-6/h7-8,11,14-15,19H,9-10,12-13H2,1-6H3. The van der Waals surface area contributed by atoms with Crippen LogP contribution in [0.25, 0.3) is 0 Å². The van der Waals surface area contributed by atoms with Gasteiger partial charge >= 0.3 is 0 Å². The molecule has 0 saturated carbocycles. The summed E-state index contributed by atoms with van der Waals surface area (Å²) in [6.07, 6.45) is 0. The fraction of sp³-hybridized carbons (Fsp3) is 0.667. The third-order valence-corrected chi connectivity index (χ3v) is 3.53. The van der Waals surface area contributed by atoms with E-state index in [1.54, 1.807) is 7.11 Å². The molecule has 3 nitrogen and oxygen atoms in total. The Morgan fingerprint density at radius 3 is 2.48 bits per heavy atom. The molecule has 0 aromatic heterocycles. The quantitative estimate of drug-likeness (QED) is 0.704. The van der Waals surface area contributed by atoms with Crippen LogP contribution in [-0.2, 0) is 11.3 Å².